The molecule has 1 saturated carbocycles. The minimum absolute atomic E-state index is 0.0428. The first-order valence-corrected chi connectivity index (χ1v) is 14.3. The summed E-state index contributed by atoms with van der Waals surface area (Å²) in [7, 11) is -3.97. The number of aliphatic carboxylic acids is 1. The van der Waals surface area contributed by atoms with Crippen molar-refractivity contribution in [1.82, 2.24) is 4.72 Å². The standard InChI is InChI=1S/C18H36O2.C6H13NO3S/c1-2-3-4-5-6-7-8-9-10-11-12-13-14-15-16-17-18(19)20;8-11(9,10)7-6-4-2-1-3-5-6/h2-17H2,1H3,(H,19,20);6-7H,1-5H2,(H,8,9,10). The summed E-state index contributed by atoms with van der Waals surface area (Å²) in [6.07, 6.45) is 25.2. The predicted molar refractivity (Wildman–Crippen MR) is 129 cm³/mol. The molecule has 0 bridgehead atoms. The summed E-state index contributed by atoms with van der Waals surface area (Å²) in [4.78, 5) is 10.3. The molecule has 0 spiro atoms. The van der Waals surface area contributed by atoms with Crippen molar-refractivity contribution in [1.29, 1.82) is 0 Å². The highest BCUT2D eigenvalue weighted by Crippen LogP contribution is 2.17. The molecule has 3 N–H and O–H groups in total. The Morgan fingerprint density at radius 2 is 1.13 bits per heavy atom. The average Bonchev–Trinajstić information content (AvgIpc) is 2.71. The van der Waals surface area contributed by atoms with Crippen molar-refractivity contribution in [3.05, 3.63) is 0 Å². The monoisotopic (exact) mass is 463 g/mol. The van der Waals surface area contributed by atoms with Gasteiger partial charge in [-0.05, 0) is 19.3 Å². The zero-order valence-electron chi connectivity index (χ0n) is 20.0. The number of unbranched alkanes of at least 4 members (excludes halogenated alkanes) is 14. The molecule has 31 heavy (non-hydrogen) atoms. The topological polar surface area (TPSA) is 104 Å². The maximum Gasteiger partial charge on any atom is 0.333 e. The molecule has 0 aliphatic heterocycles. The normalized spacial score (nSPS) is 14.8. The highest BCUT2D eigenvalue weighted by molar-refractivity contribution is 7.83. The van der Waals surface area contributed by atoms with Crippen molar-refractivity contribution in [3.8, 4) is 0 Å². The lowest BCUT2D eigenvalue weighted by Crippen LogP contribution is -2.35. The SMILES string of the molecule is CCCCCCCCCCCCCCCCCC(=O)O.O=S(=O)(O)NC1CCCCC1. The van der Waals surface area contributed by atoms with E-state index in [-0.39, 0.29) is 6.04 Å². The molecular weight excluding hydrogens is 414 g/mol. The van der Waals surface area contributed by atoms with Crippen LogP contribution in [0.25, 0.3) is 0 Å². The number of hydrogen-bond donors (Lipinski definition) is 3. The fourth-order valence-corrected chi connectivity index (χ4v) is 4.74. The van der Waals surface area contributed by atoms with E-state index in [0.29, 0.717) is 6.42 Å². The second-order valence-electron chi connectivity index (χ2n) is 9.02. The van der Waals surface area contributed by atoms with Crippen LogP contribution in [0, 0.1) is 0 Å². The Morgan fingerprint density at radius 3 is 1.48 bits per heavy atom. The Labute approximate surface area is 191 Å². The smallest absolute Gasteiger partial charge is 0.333 e. The van der Waals surface area contributed by atoms with Crippen molar-refractivity contribution in [3.63, 3.8) is 0 Å². The van der Waals surface area contributed by atoms with Crippen LogP contribution in [0.5, 0.6) is 0 Å². The van der Waals surface area contributed by atoms with Crippen LogP contribution in [0.1, 0.15) is 142 Å². The molecule has 1 aliphatic carbocycles. The van der Waals surface area contributed by atoms with Crippen LogP contribution in [0.3, 0.4) is 0 Å². The highest BCUT2D eigenvalue weighted by Gasteiger charge is 2.17. The van der Waals surface area contributed by atoms with E-state index in [2.05, 4.69) is 11.6 Å². The Kier molecular flexibility index (Phi) is 20.7. The van der Waals surface area contributed by atoms with E-state index in [9.17, 15) is 13.2 Å². The number of carbonyl (C=O) groups is 1. The number of rotatable bonds is 18. The minimum atomic E-state index is -3.97. The molecule has 1 aliphatic rings. The summed E-state index contributed by atoms with van der Waals surface area (Å²) < 4.78 is 31.3. The van der Waals surface area contributed by atoms with Gasteiger partial charge in [0.25, 0.3) is 0 Å². The fraction of sp³-hybridized carbons (Fsp3) is 0.958. The lowest BCUT2D eigenvalue weighted by atomic mass is 9.96. The zero-order chi connectivity index (χ0) is 23.2. The molecule has 0 aromatic heterocycles. The van der Waals surface area contributed by atoms with Gasteiger partial charge in [0.15, 0.2) is 0 Å². The predicted octanol–water partition coefficient (Wildman–Crippen LogP) is 7.04. The lowest BCUT2D eigenvalue weighted by Gasteiger charge is -2.20. The zero-order valence-corrected chi connectivity index (χ0v) is 20.8. The van der Waals surface area contributed by atoms with Gasteiger partial charge in [0, 0.05) is 12.5 Å². The Bertz CT molecular complexity index is 504. The molecule has 0 saturated heterocycles. The van der Waals surface area contributed by atoms with E-state index in [1.54, 1.807) is 0 Å². The summed E-state index contributed by atoms with van der Waals surface area (Å²) in [5, 5.41) is 8.52. The van der Waals surface area contributed by atoms with Gasteiger partial charge in [-0.2, -0.15) is 13.1 Å². The van der Waals surface area contributed by atoms with Crippen LogP contribution in [0.2, 0.25) is 0 Å². The van der Waals surface area contributed by atoms with E-state index in [4.69, 9.17) is 9.66 Å². The van der Waals surface area contributed by atoms with E-state index in [0.717, 1.165) is 38.5 Å². The third kappa shape index (κ3) is 25.5. The summed E-state index contributed by atoms with van der Waals surface area (Å²) >= 11 is 0. The lowest BCUT2D eigenvalue weighted by molar-refractivity contribution is -0.137. The first-order valence-electron chi connectivity index (χ1n) is 12.8. The van der Waals surface area contributed by atoms with Crippen LogP contribution in [-0.2, 0) is 15.1 Å². The summed E-state index contributed by atoms with van der Waals surface area (Å²) in [5.74, 6) is -0.653. The van der Waals surface area contributed by atoms with Crippen molar-refractivity contribution in [2.45, 2.75) is 148 Å². The van der Waals surface area contributed by atoms with E-state index in [1.807, 2.05) is 0 Å². The Balaban J connectivity index is 0.000000683. The number of hydrogen-bond acceptors (Lipinski definition) is 3. The van der Waals surface area contributed by atoms with Gasteiger partial charge < -0.3 is 5.11 Å². The third-order valence-corrected chi connectivity index (χ3v) is 6.55. The first-order chi connectivity index (χ1) is 14.8. The molecule has 1 fully saturated rings. The van der Waals surface area contributed by atoms with Gasteiger partial charge in [0.05, 0.1) is 0 Å². The quantitative estimate of drug-likeness (QED) is 0.149. The molecule has 0 aromatic rings. The molecule has 0 radical (unpaired) electrons. The molecule has 0 heterocycles. The average molecular weight is 464 g/mol. The molecule has 186 valence electrons. The van der Waals surface area contributed by atoms with Gasteiger partial charge >= 0.3 is 16.3 Å². The van der Waals surface area contributed by atoms with Crippen LogP contribution in [0.4, 0.5) is 0 Å². The largest absolute Gasteiger partial charge is 0.481 e. The summed E-state index contributed by atoms with van der Waals surface area (Å²) in [5.41, 5.74) is 0. The van der Waals surface area contributed by atoms with E-state index < -0.39 is 16.3 Å². The number of nitrogens with one attached hydrogen (secondary N) is 1. The minimum Gasteiger partial charge on any atom is -0.481 e. The van der Waals surface area contributed by atoms with Gasteiger partial charge in [-0.3, -0.25) is 9.35 Å². The maximum atomic E-state index is 10.3. The number of carboxylic acids is 1. The van der Waals surface area contributed by atoms with Crippen molar-refractivity contribution >= 4 is 16.3 Å². The van der Waals surface area contributed by atoms with E-state index >= 15 is 0 Å². The van der Waals surface area contributed by atoms with Crippen molar-refractivity contribution < 1.29 is 22.9 Å². The molecule has 0 atom stereocenters. The Morgan fingerprint density at radius 1 is 0.742 bits per heavy atom. The van der Waals surface area contributed by atoms with Gasteiger partial charge in [0.1, 0.15) is 0 Å². The third-order valence-electron chi connectivity index (χ3n) is 5.91. The van der Waals surface area contributed by atoms with Crippen LogP contribution < -0.4 is 4.72 Å². The number of carboxylic acid groups (broad SMARTS) is 1. The molecular formula is C24H49NO5S. The van der Waals surface area contributed by atoms with Crippen molar-refractivity contribution in [2.24, 2.45) is 0 Å². The molecule has 7 heteroatoms. The van der Waals surface area contributed by atoms with Gasteiger partial charge in [-0.25, -0.2) is 0 Å². The maximum absolute atomic E-state index is 10.3. The molecule has 1 rings (SSSR count). The van der Waals surface area contributed by atoms with Crippen LogP contribution in [-0.4, -0.2) is 30.1 Å². The molecule has 0 unspecified atom stereocenters. The summed E-state index contributed by atoms with van der Waals surface area (Å²) in [6, 6.07) is -0.0428. The van der Waals surface area contributed by atoms with Gasteiger partial charge in [0.2, 0.25) is 0 Å². The van der Waals surface area contributed by atoms with Gasteiger partial charge in [-0.1, -0.05) is 116 Å². The van der Waals surface area contributed by atoms with Crippen molar-refractivity contribution in [2.75, 3.05) is 0 Å². The second-order valence-corrected chi connectivity index (χ2v) is 10.2. The summed E-state index contributed by atoms with van der Waals surface area (Å²) in [6.45, 7) is 2.27. The first kappa shape index (κ1) is 30.3. The van der Waals surface area contributed by atoms with Gasteiger partial charge in [-0.15, -0.1) is 0 Å². The van der Waals surface area contributed by atoms with Crippen LogP contribution >= 0.6 is 0 Å². The second kappa shape index (κ2) is 21.2. The Hall–Kier alpha value is -0.660. The fourth-order valence-electron chi connectivity index (χ4n) is 4.08. The molecule has 6 nitrogen and oxygen atoms in total. The molecule has 0 amide bonds. The van der Waals surface area contributed by atoms with Crippen LogP contribution in [0.15, 0.2) is 0 Å². The highest BCUT2D eigenvalue weighted by atomic mass is 32.2. The molecule has 0 aromatic carbocycles. The van der Waals surface area contributed by atoms with E-state index in [1.165, 1.54) is 89.9 Å².